The smallest absolute Gasteiger partial charge is 0.161 e. The summed E-state index contributed by atoms with van der Waals surface area (Å²) in [5.41, 5.74) is 2.02. The molecule has 0 atom stereocenters. The second-order valence-electron chi connectivity index (χ2n) is 7.54. The summed E-state index contributed by atoms with van der Waals surface area (Å²) in [4.78, 5) is 18.3. The first kappa shape index (κ1) is 19.3. The van der Waals surface area contributed by atoms with E-state index in [-0.39, 0.29) is 0 Å². The second kappa shape index (κ2) is 8.13. The number of hydrogen-bond donors (Lipinski definition) is 0. The molecule has 2 aromatic heterocycles. The Morgan fingerprint density at radius 1 is 1.04 bits per heavy atom. The van der Waals surface area contributed by atoms with Crippen LogP contribution in [0.25, 0.3) is 11.4 Å². The van der Waals surface area contributed by atoms with Gasteiger partial charge in [0.15, 0.2) is 15.7 Å². The molecule has 2 saturated heterocycles. The molecule has 0 aliphatic carbocycles. The van der Waals surface area contributed by atoms with Gasteiger partial charge < -0.3 is 4.90 Å². The van der Waals surface area contributed by atoms with Crippen molar-refractivity contribution in [1.29, 1.82) is 0 Å². The van der Waals surface area contributed by atoms with Crippen LogP contribution in [-0.2, 0) is 16.3 Å². The van der Waals surface area contributed by atoms with E-state index in [1.54, 1.807) is 12.4 Å². The zero-order chi connectivity index (χ0) is 19.6. The molecule has 2 aliphatic heterocycles. The number of pyridine rings is 1. The van der Waals surface area contributed by atoms with E-state index in [0.29, 0.717) is 30.6 Å². The Morgan fingerprint density at radius 3 is 2.36 bits per heavy atom. The molecule has 0 saturated carbocycles. The molecule has 150 valence electrons. The van der Waals surface area contributed by atoms with E-state index in [0.717, 1.165) is 55.3 Å². The van der Waals surface area contributed by atoms with Gasteiger partial charge in [0.1, 0.15) is 5.82 Å². The van der Waals surface area contributed by atoms with Crippen LogP contribution in [0.2, 0.25) is 0 Å². The molecule has 2 aliphatic rings. The first-order valence-corrected chi connectivity index (χ1v) is 11.8. The highest BCUT2D eigenvalue weighted by atomic mass is 32.2. The summed E-state index contributed by atoms with van der Waals surface area (Å²) in [6, 6.07) is 6.45. The van der Waals surface area contributed by atoms with Crippen molar-refractivity contribution >= 4 is 15.7 Å². The molecule has 0 spiro atoms. The van der Waals surface area contributed by atoms with E-state index in [1.165, 1.54) is 0 Å². The summed E-state index contributed by atoms with van der Waals surface area (Å²) >= 11 is 0. The molecule has 8 heteroatoms. The Labute approximate surface area is 166 Å². The predicted molar refractivity (Wildman–Crippen MR) is 110 cm³/mol. The standard InChI is InChI=1S/C20H27N5O2S/c1-2-17-15-19(23-20(22-17)16-3-7-21-8-4-16)25-9-5-18(6-10-25)24-11-13-28(26,27)14-12-24/h3-4,7-8,15,18H,2,5-6,9-14H2,1H3. The third-order valence-electron chi connectivity index (χ3n) is 5.75. The van der Waals surface area contributed by atoms with E-state index in [2.05, 4.69) is 32.8 Å². The largest absolute Gasteiger partial charge is 0.356 e. The van der Waals surface area contributed by atoms with Crippen molar-refractivity contribution in [2.45, 2.75) is 32.2 Å². The molecule has 0 bridgehead atoms. The molecule has 0 amide bonds. The summed E-state index contributed by atoms with van der Waals surface area (Å²) in [5.74, 6) is 2.33. The van der Waals surface area contributed by atoms with Crippen molar-refractivity contribution in [2.75, 3.05) is 42.6 Å². The molecule has 4 heterocycles. The fourth-order valence-electron chi connectivity index (χ4n) is 4.01. The number of nitrogens with zero attached hydrogens (tertiary/aromatic N) is 5. The van der Waals surface area contributed by atoms with Gasteiger partial charge in [-0.15, -0.1) is 0 Å². The quantitative estimate of drug-likeness (QED) is 0.773. The summed E-state index contributed by atoms with van der Waals surface area (Å²) < 4.78 is 23.3. The number of piperidine rings is 1. The lowest BCUT2D eigenvalue weighted by Gasteiger charge is -2.40. The monoisotopic (exact) mass is 401 g/mol. The van der Waals surface area contributed by atoms with Crippen LogP contribution in [0.4, 0.5) is 5.82 Å². The predicted octanol–water partition coefficient (Wildman–Crippen LogP) is 1.80. The zero-order valence-corrected chi connectivity index (χ0v) is 17.1. The van der Waals surface area contributed by atoms with Crippen LogP contribution >= 0.6 is 0 Å². The maximum atomic E-state index is 11.7. The average molecular weight is 402 g/mol. The van der Waals surface area contributed by atoms with E-state index in [9.17, 15) is 8.42 Å². The van der Waals surface area contributed by atoms with E-state index in [1.807, 2.05) is 12.1 Å². The molecule has 0 aromatic carbocycles. The highest BCUT2D eigenvalue weighted by molar-refractivity contribution is 7.91. The molecule has 0 radical (unpaired) electrons. The minimum Gasteiger partial charge on any atom is -0.356 e. The van der Waals surface area contributed by atoms with Gasteiger partial charge in [-0.1, -0.05) is 6.92 Å². The lowest BCUT2D eigenvalue weighted by Crippen LogP contribution is -2.50. The third-order valence-corrected chi connectivity index (χ3v) is 7.36. The van der Waals surface area contributed by atoms with Gasteiger partial charge in [-0.05, 0) is 31.4 Å². The normalized spacial score (nSPS) is 21.0. The van der Waals surface area contributed by atoms with Crippen LogP contribution in [0.15, 0.2) is 30.6 Å². The van der Waals surface area contributed by atoms with E-state index < -0.39 is 9.84 Å². The molecule has 0 unspecified atom stereocenters. The van der Waals surface area contributed by atoms with Gasteiger partial charge in [0, 0.05) is 61.9 Å². The van der Waals surface area contributed by atoms with Gasteiger partial charge in [0.2, 0.25) is 0 Å². The maximum Gasteiger partial charge on any atom is 0.161 e. The van der Waals surface area contributed by atoms with Crippen molar-refractivity contribution in [3.8, 4) is 11.4 Å². The lowest BCUT2D eigenvalue weighted by molar-refractivity contribution is 0.182. The van der Waals surface area contributed by atoms with Gasteiger partial charge in [0.25, 0.3) is 0 Å². The number of hydrogen-bond acceptors (Lipinski definition) is 7. The SMILES string of the molecule is CCc1cc(N2CCC(N3CCS(=O)(=O)CC3)CC2)nc(-c2ccncc2)n1. The van der Waals surface area contributed by atoms with E-state index >= 15 is 0 Å². The molecule has 2 fully saturated rings. The fourth-order valence-corrected chi connectivity index (χ4v) is 5.24. The number of sulfone groups is 1. The summed E-state index contributed by atoms with van der Waals surface area (Å²) in [5, 5.41) is 0. The molecule has 28 heavy (non-hydrogen) atoms. The van der Waals surface area contributed by atoms with Gasteiger partial charge >= 0.3 is 0 Å². The van der Waals surface area contributed by atoms with Crippen LogP contribution in [-0.4, -0.2) is 72.0 Å². The summed E-state index contributed by atoms with van der Waals surface area (Å²) in [7, 11) is -2.82. The van der Waals surface area contributed by atoms with Crippen molar-refractivity contribution in [1.82, 2.24) is 19.9 Å². The number of aromatic nitrogens is 3. The number of anilines is 1. The number of rotatable bonds is 4. The highest BCUT2D eigenvalue weighted by Crippen LogP contribution is 2.25. The van der Waals surface area contributed by atoms with Crippen LogP contribution < -0.4 is 4.90 Å². The molecule has 7 nitrogen and oxygen atoms in total. The average Bonchev–Trinajstić information content (AvgIpc) is 2.74. The molecule has 4 rings (SSSR count). The molecular weight excluding hydrogens is 374 g/mol. The fraction of sp³-hybridized carbons (Fsp3) is 0.550. The Balaban J connectivity index is 1.46. The Hall–Kier alpha value is -2.06. The topological polar surface area (TPSA) is 79.3 Å². The maximum absolute atomic E-state index is 11.7. The Morgan fingerprint density at radius 2 is 1.71 bits per heavy atom. The van der Waals surface area contributed by atoms with Crippen molar-refractivity contribution < 1.29 is 8.42 Å². The van der Waals surface area contributed by atoms with Crippen molar-refractivity contribution in [3.05, 3.63) is 36.3 Å². The Kier molecular flexibility index (Phi) is 5.59. The van der Waals surface area contributed by atoms with Crippen LogP contribution in [0, 0.1) is 0 Å². The van der Waals surface area contributed by atoms with Gasteiger partial charge in [-0.3, -0.25) is 9.88 Å². The zero-order valence-electron chi connectivity index (χ0n) is 16.3. The molecule has 2 aromatic rings. The van der Waals surface area contributed by atoms with Crippen LogP contribution in [0.1, 0.15) is 25.5 Å². The van der Waals surface area contributed by atoms with Crippen molar-refractivity contribution in [2.24, 2.45) is 0 Å². The molecular formula is C20H27N5O2S. The number of aryl methyl sites for hydroxylation is 1. The highest BCUT2D eigenvalue weighted by Gasteiger charge is 2.30. The molecule has 0 N–H and O–H groups in total. The van der Waals surface area contributed by atoms with Crippen LogP contribution in [0.5, 0.6) is 0 Å². The second-order valence-corrected chi connectivity index (χ2v) is 9.84. The minimum absolute atomic E-state index is 0.300. The van der Waals surface area contributed by atoms with Gasteiger partial charge in [-0.25, -0.2) is 18.4 Å². The summed E-state index contributed by atoms with van der Waals surface area (Å²) in [6.07, 6.45) is 6.47. The van der Waals surface area contributed by atoms with Gasteiger partial charge in [0.05, 0.1) is 11.5 Å². The minimum atomic E-state index is -2.82. The third kappa shape index (κ3) is 4.33. The van der Waals surface area contributed by atoms with Crippen LogP contribution in [0.3, 0.4) is 0 Å². The first-order chi connectivity index (χ1) is 13.5. The Bertz CT molecular complexity index is 897. The van der Waals surface area contributed by atoms with E-state index in [4.69, 9.17) is 4.98 Å². The summed E-state index contributed by atoms with van der Waals surface area (Å²) in [6.45, 7) is 5.33. The first-order valence-electron chi connectivity index (χ1n) is 10.0. The lowest BCUT2D eigenvalue weighted by atomic mass is 10.0. The van der Waals surface area contributed by atoms with Gasteiger partial charge in [-0.2, -0.15) is 0 Å². The van der Waals surface area contributed by atoms with Crippen molar-refractivity contribution in [3.63, 3.8) is 0 Å².